The molecule has 0 unspecified atom stereocenters. The van der Waals surface area contributed by atoms with Crippen LogP contribution in [0.25, 0.3) is 0 Å². The van der Waals surface area contributed by atoms with Crippen LogP contribution in [-0.2, 0) is 22.4 Å². The summed E-state index contributed by atoms with van der Waals surface area (Å²) in [4.78, 5) is 31.7. The van der Waals surface area contributed by atoms with Gasteiger partial charge < -0.3 is 9.64 Å². The number of carbonyl (C=O) groups is 2. The van der Waals surface area contributed by atoms with Crippen LogP contribution in [0.5, 0.6) is 5.75 Å². The minimum Gasteiger partial charge on any atom is -0.493 e. The molecule has 0 saturated carbocycles. The number of anilines is 1. The van der Waals surface area contributed by atoms with Gasteiger partial charge in [-0.15, -0.1) is 0 Å². The molecule has 1 aromatic heterocycles. The van der Waals surface area contributed by atoms with E-state index in [2.05, 4.69) is 4.98 Å². The van der Waals surface area contributed by atoms with E-state index in [0.717, 1.165) is 39.5 Å². The number of halogens is 2. The maximum absolute atomic E-state index is 15.6. The second-order valence-corrected chi connectivity index (χ2v) is 8.17. The average Bonchev–Trinajstić information content (AvgIpc) is 3.13. The highest BCUT2D eigenvalue weighted by atomic mass is 19.2. The molecule has 2 fully saturated rings. The van der Waals surface area contributed by atoms with E-state index in [1.165, 1.54) is 12.3 Å². The van der Waals surface area contributed by atoms with E-state index in [9.17, 15) is 9.59 Å². The predicted molar refractivity (Wildman–Crippen MR) is 105 cm³/mol. The minimum atomic E-state index is -2.76. The summed E-state index contributed by atoms with van der Waals surface area (Å²) < 4.78 is 36.7. The molecule has 0 bridgehead atoms. The van der Waals surface area contributed by atoms with Crippen molar-refractivity contribution in [3.63, 3.8) is 0 Å². The number of fused-ring (bicyclic) bond motifs is 2. The zero-order valence-corrected chi connectivity index (χ0v) is 16.3. The number of ether oxygens (including phenoxy) is 1. The van der Waals surface area contributed by atoms with Gasteiger partial charge in [0.15, 0.2) is 5.67 Å². The highest BCUT2D eigenvalue weighted by Gasteiger charge is 2.72. The van der Waals surface area contributed by atoms with Gasteiger partial charge in [-0.05, 0) is 42.2 Å². The lowest BCUT2D eigenvalue weighted by atomic mass is 9.93. The van der Waals surface area contributed by atoms with Crippen molar-refractivity contribution in [1.29, 1.82) is 0 Å². The van der Waals surface area contributed by atoms with Crippen LogP contribution in [0.2, 0.25) is 0 Å². The second-order valence-electron chi connectivity index (χ2n) is 8.17. The number of nitrogens with zero attached hydrogens (tertiary/aromatic N) is 3. The van der Waals surface area contributed by atoms with E-state index in [-0.39, 0.29) is 12.2 Å². The Labute approximate surface area is 172 Å². The van der Waals surface area contributed by atoms with Crippen molar-refractivity contribution in [2.24, 2.45) is 0 Å². The zero-order valence-electron chi connectivity index (χ0n) is 16.3. The predicted octanol–water partition coefficient (Wildman–Crippen LogP) is 2.25. The number of hydrogen-bond acceptors (Lipinski definition) is 4. The molecule has 0 spiro atoms. The van der Waals surface area contributed by atoms with Crippen LogP contribution >= 0.6 is 0 Å². The van der Waals surface area contributed by atoms with Gasteiger partial charge in [-0.25, -0.2) is 13.8 Å². The summed E-state index contributed by atoms with van der Waals surface area (Å²) >= 11 is 0. The topological polar surface area (TPSA) is 62.7 Å². The summed E-state index contributed by atoms with van der Waals surface area (Å²) in [7, 11) is 0. The number of aryl methyl sites for hydroxylation is 1. The number of carbonyl (C=O) groups excluding carboxylic acids is 2. The van der Waals surface area contributed by atoms with Crippen molar-refractivity contribution in [2.75, 3.05) is 31.1 Å². The third-order valence-electron chi connectivity index (χ3n) is 6.16. The lowest BCUT2D eigenvalue weighted by Crippen LogP contribution is -2.47. The number of rotatable bonds is 3. The van der Waals surface area contributed by atoms with Crippen LogP contribution in [0.15, 0.2) is 42.6 Å². The van der Waals surface area contributed by atoms with Crippen LogP contribution in [0.1, 0.15) is 17.5 Å². The molecule has 156 valence electrons. The number of pyridine rings is 1. The largest absolute Gasteiger partial charge is 0.493 e. The van der Waals surface area contributed by atoms with Gasteiger partial charge >= 0.3 is 0 Å². The standard InChI is InChI=1S/C22H21F2N3O3/c23-21-12-26(19(28)11-15-6-7-17-16(10-15)4-3-9-30-17)14-22(21,24)20(29)27(13-21)18-5-1-2-8-25-18/h1-2,5-8,10H,3-4,9,11-14H2/t21-,22+/m0/s1. The van der Waals surface area contributed by atoms with Crippen LogP contribution in [-0.4, -0.2) is 59.3 Å². The Morgan fingerprint density at radius 3 is 2.80 bits per heavy atom. The molecular weight excluding hydrogens is 392 g/mol. The Morgan fingerprint density at radius 2 is 2.03 bits per heavy atom. The number of aromatic nitrogens is 1. The lowest BCUT2D eigenvalue weighted by molar-refractivity contribution is -0.132. The quantitative estimate of drug-likeness (QED) is 0.775. The number of likely N-dealkylation sites (tertiary alicyclic amines) is 1. The fraction of sp³-hybridized carbons (Fsp3) is 0.409. The third-order valence-corrected chi connectivity index (χ3v) is 6.16. The molecule has 2 amide bonds. The molecule has 4 heterocycles. The van der Waals surface area contributed by atoms with Crippen molar-refractivity contribution < 1.29 is 23.1 Å². The molecule has 30 heavy (non-hydrogen) atoms. The Balaban J connectivity index is 1.32. The molecule has 2 atom stereocenters. The number of amides is 2. The number of hydrogen-bond donors (Lipinski definition) is 0. The third kappa shape index (κ3) is 2.85. The fourth-order valence-electron chi connectivity index (χ4n) is 4.54. The summed E-state index contributed by atoms with van der Waals surface area (Å²) in [6.45, 7) is -0.816. The van der Waals surface area contributed by atoms with E-state index in [1.54, 1.807) is 18.2 Å². The van der Waals surface area contributed by atoms with Gasteiger partial charge in [0.05, 0.1) is 32.7 Å². The summed E-state index contributed by atoms with van der Waals surface area (Å²) in [6, 6.07) is 10.4. The van der Waals surface area contributed by atoms with Gasteiger partial charge in [0.1, 0.15) is 11.6 Å². The first-order valence-corrected chi connectivity index (χ1v) is 10.0. The first-order valence-electron chi connectivity index (χ1n) is 10.0. The fourth-order valence-corrected chi connectivity index (χ4v) is 4.54. The Morgan fingerprint density at radius 1 is 1.17 bits per heavy atom. The molecule has 2 saturated heterocycles. The van der Waals surface area contributed by atoms with Crippen LogP contribution in [0, 0.1) is 0 Å². The van der Waals surface area contributed by atoms with Crippen molar-refractivity contribution >= 4 is 17.6 Å². The van der Waals surface area contributed by atoms with Crippen LogP contribution in [0.3, 0.4) is 0 Å². The SMILES string of the molecule is O=C(Cc1ccc2c(c1)CCCO2)N1C[C@]2(F)CN(c3ccccn3)C(=O)[C@]2(F)C1. The molecule has 1 aromatic carbocycles. The Bertz CT molecular complexity index is 1020. The van der Waals surface area contributed by atoms with Crippen molar-refractivity contribution in [1.82, 2.24) is 9.88 Å². The van der Waals surface area contributed by atoms with E-state index in [4.69, 9.17) is 4.74 Å². The number of alkyl halides is 2. The monoisotopic (exact) mass is 413 g/mol. The summed E-state index contributed by atoms with van der Waals surface area (Å²) in [6.07, 6.45) is 3.28. The molecule has 3 aliphatic heterocycles. The van der Waals surface area contributed by atoms with E-state index in [0.29, 0.717) is 6.61 Å². The number of benzene rings is 1. The van der Waals surface area contributed by atoms with Crippen LogP contribution < -0.4 is 9.64 Å². The van der Waals surface area contributed by atoms with Crippen molar-refractivity contribution in [3.8, 4) is 5.75 Å². The van der Waals surface area contributed by atoms with E-state index >= 15 is 8.78 Å². The van der Waals surface area contributed by atoms with E-state index in [1.807, 2.05) is 12.1 Å². The van der Waals surface area contributed by atoms with Gasteiger partial charge in [-0.3, -0.25) is 14.5 Å². The Hall–Kier alpha value is -3.03. The lowest BCUT2D eigenvalue weighted by Gasteiger charge is -2.22. The summed E-state index contributed by atoms with van der Waals surface area (Å²) in [5, 5.41) is 0. The zero-order chi connectivity index (χ0) is 20.9. The molecule has 0 radical (unpaired) electrons. The molecule has 0 N–H and O–H groups in total. The first-order chi connectivity index (χ1) is 14.4. The molecule has 8 heteroatoms. The maximum atomic E-state index is 15.6. The molecule has 0 aliphatic carbocycles. The highest BCUT2D eigenvalue weighted by Crippen LogP contribution is 2.46. The summed E-state index contributed by atoms with van der Waals surface area (Å²) in [5.74, 6) is -0.351. The van der Waals surface area contributed by atoms with Gasteiger partial charge in [0.25, 0.3) is 5.91 Å². The molecule has 5 rings (SSSR count). The Kier molecular flexibility index (Phi) is 4.27. The molecule has 2 aromatic rings. The van der Waals surface area contributed by atoms with Gasteiger partial charge in [-0.2, -0.15) is 0 Å². The van der Waals surface area contributed by atoms with E-state index < -0.39 is 42.8 Å². The maximum Gasteiger partial charge on any atom is 0.271 e. The summed E-state index contributed by atoms with van der Waals surface area (Å²) in [5.41, 5.74) is -3.41. The second kappa shape index (κ2) is 6.75. The normalized spacial score (nSPS) is 27.6. The first kappa shape index (κ1) is 19.0. The molecule has 3 aliphatic rings. The smallest absolute Gasteiger partial charge is 0.271 e. The molecular formula is C22H21F2N3O3. The van der Waals surface area contributed by atoms with Gasteiger partial charge in [-0.1, -0.05) is 18.2 Å². The van der Waals surface area contributed by atoms with Crippen molar-refractivity contribution in [3.05, 3.63) is 53.7 Å². The molecule has 6 nitrogen and oxygen atoms in total. The van der Waals surface area contributed by atoms with Gasteiger partial charge in [0, 0.05) is 6.20 Å². The van der Waals surface area contributed by atoms with Gasteiger partial charge in [0.2, 0.25) is 11.6 Å². The highest BCUT2D eigenvalue weighted by molar-refractivity contribution is 6.04. The average molecular weight is 413 g/mol. The minimum absolute atomic E-state index is 0.0254. The van der Waals surface area contributed by atoms with Crippen LogP contribution in [0.4, 0.5) is 14.6 Å². The van der Waals surface area contributed by atoms with Crippen molar-refractivity contribution in [2.45, 2.75) is 30.6 Å².